The summed E-state index contributed by atoms with van der Waals surface area (Å²) in [5, 5.41) is 2.81. The number of anilines is 1. The average molecular weight is 423 g/mol. The maximum Gasteiger partial charge on any atom is 0.255 e. The fourth-order valence-electron chi connectivity index (χ4n) is 2.79. The summed E-state index contributed by atoms with van der Waals surface area (Å²) in [6.07, 6.45) is 1.75. The van der Waals surface area contributed by atoms with Crippen LogP contribution in [0.25, 0.3) is 0 Å². The third-order valence-electron chi connectivity index (χ3n) is 4.17. The largest absolute Gasteiger partial charge is 0.321 e. The minimum atomic E-state index is -3.54. The number of aryl methyl sites for hydroxylation is 1. The molecule has 1 fully saturated rings. The molecule has 1 saturated heterocycles. The maximum atomic E-state index is 12.6. The smallest absolute Gasteiger partial charge is 0.255 e. The zero-order chi connectivity index (χ0) is 18.0. The van der Waals surface area contributed by atoms with E-state index in [0.717, 1.165) is 22.9 Å². The summed E-state index contributed by atoms with van der Waals surface area (Å²) in [6.45, 7) is 3.03. The molecular weight excluding hydrogens is 404 g/mol. The van der Waals surface area contributed by atoms with Gasteiger partial charge in [-0.05, 0) is 71.6 Å². The third-order valence-corrected chi connectivity index (χ3v) is 6.72. The Morgan fingerprint density at radius 1 is 1.12 bits per heavy atom. The Balaban J connectivity index is 1.84. The van der Waals surface area contributed by atoms with E-state index in [-0.39, 0.29) is 10.8 Å². The quantitative estimate of drug-likeness (QED) is 0.814. The van der Waals surface area contributed by atoms with E-state index >= 15 is 0 Å². The first-order chi connectivity index (χ1) is 11.9. The fourth-order valence-corrected chi connectivity index (χ4v) is 4.95. The summed E-state index contributed by atoms with van der Waals surface area (Å²) in [7, 11) is -3.54. The van der Waals surface area contributed by atoms with Crippen molar-refractivity contribution in [1.29, 1.82) is 0 Å². The van der Waals surface area contributed by atoms with Gasteiger partial charge in [-0.1, -0.05) is 12.1 Å². The molecule has 0 unspecified atom stereocenters. The molecule has 3 rings (SSSR count). The highest BCUT2D eigenvalue weighted by Gasteiger charge is 2.27. The molecule has 1 amide bonds. The molecule has 0 bridgehead atoms. The lowest BCUT2D eigenvalue weighted by Crippen LogP contribution is -2.28. The number of hydrogen-bond acceptors (Lipinski definition) is 3. The number of sulfonamides is 1. The van der Waals surface area contributed by atoms with Crippen molar-refractivity contribution in [2.45, 2.75) is 24.7 Å². The summed E-state index contributed by atoms with van der Waals surface area (Å²) in [5.74, 6) is -0.344. The number of carbonyl (C=O) groups excluding carboxylic acids is 1. The van der Waals surface area contributed by atoms with Crippen molar-refractivity contribution in [3.8, 4) is 0 Å². The lowest BCUT2D eigenvalue weighted by atomic mass is 10.2. The van der Waals surface area contributed by atoms with Gasteiger partial charge in [0.1, 0.15) is 0 Å². The van der Waals surface area contributed by atoms with E-state index in [0.29, 0.717) is 24.3 Å². The summed E-state index contributed by atoms with van der Waals surface area (Å²) in [5.41, 5.74) is 2.03. The predicted octanol–water partition coefficient (Wildman–Crippen LogP) is 3.79. The van der Waals surface area contributed by atoms with Gasteiger partial charge in [0, 0.05) is 23.1 Å². The molecule has 0 aromatic heterocycles. The molecule has 2 aromatic rings. The Morgan fingerprint density at radius 3 is 2.52 bits per heavy atom. The number of rotatable bonds is 4. The molecule has 0 aliphatic carbocycles. The van der Waals surface area contributed by atoms with Crippen LogP contribution in [0.1, 0.15) is 28.8 Å². The fraction of sp³-hybridized carbons (Fsp3) is 0.278. The van der Waals surface area contributed by atoms with Crippen molar-refractivity contribution in [3.63, 3.8) is 0 Å². The highest BCUT2D eigenvalue weighted by Crippen LogP contribution is 2.25. The van der Waals surface area contributed by atoms with Gasteiger partial charge in [0.25, 0.3) is 5.91 Å². The van der Waals surface area contributed by atoms with Crippen LogP contribution < -0.4 is 5.32 Å². The van der Waals surface area contributed by atoms with Gasteiger partial charge in [-0.25, -0.2) is 8.42 Å². The molecule has 0 radical (unpaired) electrons. The molecule has 25 heavy (non-hydrogen) atoms. The Morgan fingerprint density at radius 2 is 1.84 bits per heavy atom. The van der Waals surface area contributed by atoms with E-state index in [9.17, 15) is 13.2 Å². The van der Waals surface area contributed by atoms with Crippen LogP contribution in [0, 0.1) is 6.92 Å². The molecule has 0 atom stereocenters. The predicted molar refractivity (Wildman–Crippen MR) is 101 cm³/mol. The van der Waals surface area contributed by atoms with Crippen molar-refractivity contribution < 1.29 is 13.2 Å². The van der Waals surface area contributed by atoms with E-state index < -0.39 is 10.0 Å². The lowest BCUT2D eigenvalue weighted by molar-refractivity contribution is 0.102. The molecule has 1 N–H and O–H groups in total. The second-order valence-electron chi connectivity index (χ2n) is 6.08. The first kappa shape index (κ1) is 18.1. The SMILES string of the molecule is Cc1ccc(NC(=O)c2cccc(S(=O)(=O)N3CCCC3)c2)c(Br)c1. The molecule has 0 spiro atoms. The van der Waals surface area contributed by atoms with Crippen molar-refractivity contribution in [2.75, 3.05) is 18.4 Å². The van der Waals surface area contributed by atoms with Gasteiger partial charge < -0.3 is 5.32 Å². The van der Waals surface area contributed by atoms with Gasteiger partial charge in [-0.3, -0.25) is 4.79 Å². The first-order valence-electron chi connectivity index (χ1n) is 8.05. The highest BCUT2D eigenvalue weighted by atomic mass is 79.9. The minimum Gasteiger partial charge on any atom is -0.321 e. The third kappa shape index (κ3) is 3.94. The van der Waals surface area contributed by atoms with Crippen LogP contribution in [0.3, 0.4) is 0 Å². The van der Waals surface area contributed by atoms with Crippen LogP contribution >= 0.6 is 15.9 Å². The number of nitrogens with zero attached hydrogens (tertiary/aromatic N) is 1. The Kier molecular flexibility index (Phi) is 5.27. The van der Waals surface area contributed by atoms with E-state index in [1.54, 1.807) is 12.1 Å². The van der Waals surface area contributed by atoms with Crippen LogP contribution in [0.5, 0.6) is 0 Å². The number of hydrogen-bond donors (Lipinski definition) is 1. The maximum absolute atomic E-state index is 12.6. The Labute approximate surface area is 156 Å². The highest BCUT2D eigenvalue weighted by molar-refractivity contribution is 9.10. The monoisotopic (exact) mass is 422 g/mol. The van der Waals surface area contributed by atoms with Gasteiger partial charge in [0.2, 0.25) is 10.0 Å². The number of benzene rings is 2. The molecule has 1 aliphatic rings. The second kappa shape index (κ2) is 7.27. The topological polar surface area (TPSA) is 66.5 Å². The summed E-state index contributed by atoms with van der Waals surface area (Å²) in [6, 6.07) is 11.8. The molecular formula is C18H19BrN2O3S. The molecule has 5 nitrogen and oxygen atoms in total. The Bertz CT molecular complexity index is 906. The van der Waals surface area contributed by atoms with Crippen molar-refractivity contribution >= 4 is 37.5 Å². The van der Waals surface area contributed by atoms with E-state index in [1.165, 1.54) is 16.4 Å². The van der Waals surface area contributed by atoms with Crippen LogP contribution in [0.4, 0.5) is 5.69 Å². The first-order valence-corrected chi connectivity index (χ1v) is 10.3. The van der Waals surface area contributed by atoms with Crippen molar-refractivity contribution in [1.82, 2.24) is 4.31 Å². The van der Waals surface area contributed by atoms with Gasteiger partial charge in [0.05, 0.1) is 10.6 Å². The van der Waals surface area contributed by atoms with E-state index in [1.807, 2.05) is 25.1 Å². The van der Waals surface area contributed by atoms with Crippen LogP contribution in [-0.2, 0) is 10.0 Å². The Hall–Kier alpha value is -1.70. The molecule has 1 aliphatic heterocycles. The van der Waals surface area contributed by atoms with Crippen LogP contribution in [0.2, 0.25) is 0 Å². The molecule has 1 heterocycles. The average Bonchev–Trinajstić information content (AvgIpc) is 3.13. The zero-order valence-electron chi connectivity index (χ0n) is 13.8. The number of carbonyl (C=O) groups is 1. The van der Waals surface area contributed by atoms with Crippen LogP contribution in [0.15, 0.2) is 51.8 Å². The van der Waals surface area contributed by atoms with Gasteiger partial charge >= 0.3 is 0 Å². The number of halogens is 1. The minimum absolute atomic E-state index is 0.157. The van der Waals surface area contributed by atoms with Crippen molar-refractivity contribution in [2.24, 2.45) is 0 Å². The van der Waals surface area contributed by atoms with Gasteiger partial charge in [-0.15, -0.1) is 0 Å². The van der Waals surface area contributed by atoms with E-state index in [2.05, 4.69) is 21.2 Å². The van der Waals surface area contributed by atoms with E-state index in [4.69, 9.17) is 0 Å². The van der Waals surface area contributed by atoms with Gasteiger partial charge in [0.15, 0.2) is 0 Å². The van der Waals surface area contributed by atoms with Gasteiger partial charge in [-0.2, -0.15) is 4.31 Å². The van der Waals surface area contributed by atoms with Crippen molar-refractivity contribution in [3.05, 3.63) is 58.1 Å². The number of amides is 1. The lowest BCUT2D eigenvalue weighted by Gasteiger charge is -2.16. The second-order valence-corrected chi connectivity index (χ2v) is 8.87. The molecule has 0 saturated carbocycles. The normalized spacial score (nSPS) is 15.3. The van der Waals surface area contributed by atoms with Crippen LogP contribution in [-0.4, -0.2) is 31.7 Å². The molecule has 132 valence electrons. The zero-order valence-corrected chi connectivity index (χ0v) is 16.2. The number of nitrogens with one attached hydrogen (secondary N) is 1. The molecule has 7 heteroatoms. The summed E-state index contributed by atoms with van der Waals surface area (Å²) in [4.78, 5) is 12.7. The standard InChI is InChI=1S/C18H19BrN2O3S/c1-13-7-8-17(16(19)11-13)20-18(22)14-5-4-6-15(12-14)25(23,24)21-9-2-3-10-21/h4-8,11-12H,2-3,9-10H2,1H3,(H,20,22). The summed E-state index contributed by atoms with van der Waals surface area (Å²) < 4.78 is 27.5. The summed E-state index contributed by atoms with van der Waals surface area (Å²) >= 11 is 3.42. The molecule has 2 aromatic carbocycles.